The third-order valence-electron chi connectivity index (χ3n) is 2.87. The minimum absolute atomic E-state index is 0.0586. The Labute approximate surface area is 130 Å². The summed E-state index contributed by atoms with van der Waals surface area (Å²) in [7, 11) is 1.57. The molecule has 0 aliphatic rings. The van der Waals surface area contributed by atoms with Gasteiger partial charge < -0.3 is 14.6 Å². The lowest BCUT2D eigenvalue weighted by molar-refractivity contribution is 0.0692. The quantitative estimate of drug-likeness (QED) is 0.902. The minimum Gasteiger partial charge on any atom is -0.497 e. The highest BCUT2D eigenvalue weighted by Crippen LogP contribution is 2.34. The van der Waals surface area contributed by atoms with Crippen molar-refractivity contribution in [3.63, 3.8) is 0 Å². The normalized spacial score (nSPS) is 10.3. The molecule has 0 saturated carbocycles. The first-order chi connectivity index (χ1) is 9.92. The first kappa shape index (κ1) is 15.3. The van der Waals surface area contributed by atoms with Crippen molar-refractivity contribution in [3.05, 3.63) is 45.6 Å². The van der Waals surface area contributed by atoms with Gasteiger partial charge >= 0.3 is 5.97 Å². The maximum atomic E-state index is 11.4. The number of pyridine rings is 1. The van der Waals surface area contributed by atoms with E-state index in [1.165, 1.54) is 0 Å². The first-order valence-electron chi connectivity index (χ1n) is 6.15. The number of nitrogens with zero attached hydrogens (tertiary/aromatic N) is 1. The zero-order valence-electron chi connectivity index (χ0n) is 11.8. The number of benzene rings is 1. The van der Waals surface area contributed by atoms with Crippen LogP contribution in [0.3, 0.4) is 0 Å². The Morgan fingerprint density at radius 1 is 1.29 bits per heavy atom. The van der Waals surface area contributed by atoms with Crippen LogP contribution in [0.25, 0.3) is 0 Å². The first-order valence-corrected chi connectivity index (χ1v) is 6.94. The lowest BCUT2D eigenvalue weighted by atomic mass is 10.1. The molecule has 5 nitrogen and oxygen atoms in total. The molecule has 1 aromatic carbocycles. The molecule has 0 saturated heterocycles. The Morgan fingerprint density at radius 2 is 2.00 bits per heavy atom. The Hall–Kier alpha value is -2.08. The zero-order valence-corrected chi connectivity index (χ0v) is 13.4. The number of carboxylic acids is 1. The molecule has 0 bridgehead atoms. The lowest BCUT2D eigenvalue weighted by Crippen LogP contribution is -2.06. The Kier molecular flexibility index (Phi) is 4.47. The van der Waals surface area contributed by atoms with Crippen LogP contribution in [-0.4, -0.2) is 23.2 Å². The number of carboxylic acid groups (broad SMARTS) is 1. The number of aromatic nitrogens is 1. The topological polar surface area (TPSA) is 68.7 Å². The average Bonchev–Trinajstić information content (AvgIpc) is 2.39. The van der Waals surface area contributed by atoms with Crippen LogP contribution in [0.1, 0.15) is 21.6 Å². The van der Waals surface area contributed by atoms with E-state index in [0.717, 1.165) is 0 Å². The molecule has 21 heavy (non-hydrogen) atoms. The van der Waals surface area contributed by atoms with Gasteiger partial charge in [0.25, 0.3) is 0 Å². The number of aryl methyl sites for hydroxylation is 2. The van der Waals surface area contributed by atoms with Gasteiger partial charge in [0.15, 0.2) is 0 Å². The van der Waals surface area contributed by atoms with E-state index in [9.17, 15) is 9.90 Å². The third-order valence-corrected chi connectivity index (χ3v) is 3.49. The Bertz CT molecular complexity index is 700. The molecule has 110 valence electrons. The number of methoxy groups -OCH3 is 1. The van der Waals surface area contributed by atoms with Gasteiger partial charge in [-0.3, -0.25) is 0 Å². The summed E-state index contributed by atoms with van der Waals surface area (Å²) in [6.07, 6.45) is 0. The second kappa shape index (κ2) is 6.13. The third kappa shape index (κ3) is 3.33. The van der Waals surface area contributed by atoms with Gasteiger partial charge in [-0.25, -0.2) is 9.78 Å². The highest BCUT2D eigenvalue weighted by molar-refractivity contribution is 9.10. The standard InChI is InChI=1S/C15H14BrNO4/c1-8-6-9(2)17-14(13(8)15(18)19)21-12-5-4-10(20-3)7-11(12)16/h4-7H,1-3H3,(H,18,19). The van der Waals surface area contributed by atoms with Crippen LogP contribution in [-0.2, 0) is 0 Å². The molecule has 0 atom stereocenters. The van der Waals surface area contributed by atoms with E-state index in [0.29, 0.717) is 27.2 Å². The maximum Gasteiger partial charge on any atom is 0.341 e. The molecule has 1 heterocycles. The van der Waals surface area contributed by atoms with Crippen molar-refractivity contribution in [3.8, 4) is 17.4 Å². The smallest absolute Gasteiger partial charge is 0.341 e. The number of rotatable bonds is 4. The van der Waals surface area contributed by atoms with E-state index >= 15 is 0 Å². The fraction of sp³-hybridized carbons (Fsp3) is 0.200. The molecule has 1 aromatic heterocycles. The van der Waals surface area contributed by atoms with E-state index in [1.54, 1.807) is 45.2 Å². The van der Waals surface area contributed by atoms with Crippen LogP contribution >= 0.6 is 15.9 Å². The fourth-order valence-corrected chi connectivity index (χ4v) is 2.37. The van der Waals surface area contributed by atoms with E-state index < -0.39 is 5.97 Å². The second-order valence-corrected chi connectivity index (χ2v) is 5.32. The lowest BCUT2D eigenvalue weighted by Gasteiger charge is -2.12. The minimum atomic E-state index is -1.07. The van der Waals surface area contributed by atoms with E-state index in [-0.39, 0.29) is 11.4 Å². The van der Waals surface area contributed by atoms with Crippen molar-refractivity contribution in [2.45, 2.75) is 13.8 Å². The summed E-state index contributed by atoms with van der Waals surface area (Å²) in [6.45, 7) is 3.50. The Balaban J connectivity index is 2.46. The predicted octanol–water partition coefficient (Wildman–Crippen LogP) is 3.96. The zero-order chi connectivity index (χ0) is 15.6. The second-order valence-electron chi connectivity index (χ2n) is 4.46. The largest absolute Gasteiger partial charge is 0.497 e. The van der Waals surface area contributed by atoms with E-state index in [2.05, 4.69) is 20.9 Å². The van der Waals surface area contributed by atoms with Gasteiger partial charge in [-0.2, -0.15) is 0 Å². The summed E-state index contributed by atoms with van der Waals surface area (Å²) in [4.78, 5) is 15.6. The van der Waals surface area contributed by atoms with E-state index in [4.69, 9.17) is 9.47 Å². The number of hydrogen-bond donors (Lipinski definition) is 1. The number of carbonyl (C=O) groups is 1. The van der Waals surface area contributed by atoms with Crippen molar-refractivity contribution in [1.82, 2.24) is 4.98 Å². The van der Waals surface area contributed by atoms with Crippen molar-refractivity contribution in [1.29, 1.82) is 0 Å². The molecule has 6 heteroatoms. The molecule has 0 radical (unpaired) electrons. The van der Waals surface area contributed by atoms with Crippen LogP contribution in [0.2, 0.25) is 0 Å². The van der Waals surface area contributed by atoms with Gasteiger partial charge in [-0.15, -0.1) is 0 Å². The SMILES string of the molecule is COc1ccc(Oc2nc(C)cc(C)c2C(=O)O)c(Br)c1. The number of aromatic carboxylic acids is 1. The predicted molar refractivity (Wildman–Crippen MR) is 81.4 cm³/mol. The molecular weight excluding hydrogens is 338 g/mol. The molecule has 0 aliphatic carbocycles. The van der Waals surface area contributed by atoms with Gasteiger partial charge in [0.2, 0.25) is 5.88 Å². The van der Waals surface area contributed by atoms with Gasteiger partial charge in [-0.05, 0) is 59.6 Å². The van der Waals surface area contributed by atoms with Gasteiger partial charge in [0.1, 0.15) is 17.1 Å². The molecule has 2 aromatic rings. The highest BCUT2D eigenvalue weighted by Gasteiger charge is 2.18. The molecule has 0 amide bonds. The van der Waals surface area contributed by atoms with Crippen molar-refractivity contribution >= 4 is 21.9 Å². The van der Waals surface area contributed by atoms with E-state index in [1.807, 2.05) is 0 Å². The van der Waals surface area contributed by atoms with Crippen LogP contribution < -0.4 is 9.47 Å². The summed E-state index contributed by atoms with van der Waals surface area (Å²) in [6, 6.07) is 6.86. The summed E-state index contributed by atoms with van der Waals surface area (Å²) < 4.78 is 11.4. The molecule has 0 unspecified atom stereocenters. The summed E-state index contributed by atoms with van der Waals surface area (Å²) in [5.74, 6) is 0.141. The van der Waals surface area contributed by atoms with Crippen LogP contribution in [0.15, 0.2) is 28.7 Å². The van der Waals surface area contributed by atoms with Crippen molar-refractivity contribution in [2.24, 2.45) is 0 Å². The molecular formula is C15H14BrNO4. The van der Waals surface area contributed by atoms with Crippen LogP contribution in [0.4, 0.5) is 0 Å². The maximum absolute atomic E-state index is 11.4. The fourth-order valence-electron chi connectivity index (χ4n) is 1.93. The van der Waals surface area contributed by atoms with Gasteiger partial charge in [-0.1, -0.05) is 0 Å². The number of hydrogen-bond acceptors (Lipinski definition) is 4. The monoisotopic (exact) mass is 351 g/mol. The molecule has 0 fully saturated rings. The molecule has 2 rings (SSSR count). The highest BCUT2D eigenvalue weighted by atomic mass is 79.9. The summed E-state index contributed by atoms with van der Waals surface area (Å²) >= 11 is 3.36. The van der Waals surface area contributed by atoms with Crippen molar-refractivity contribution in [2.75, 3.05) is 7.11 Å². The Morgan fingerprint density at radius 3 is 2.57 bits per heavy atom. The molecule has 1 N–H and O–H groups in total. The van der Waals surface area contributed by atoms with Crippen LogP contribution in [0, 0.1) is 13.8 Å². The molecule has 0 spiro atoms. The number of ether oxygens (including phenoxy) is 2. The van der Waals surface area contributed by atoms with Crippen LogP contribution in [0.5, 0.6) is 17.4 Å². The molecule has 0 aliphatic heterocycles. The summed E-state index contributed by atoms with van der Waals surface area (Å²) in [5, 5.41) is 9.32. The van der Waals surface area contributed by atoms with Crippen molar-refractivity contribution < 1.29 is 19.4 Å². The summed E-state index contributed by atoms with van der Waals surface area (Å²) in [5.41, 5.74) is 1.36. The van der Waals surface area contributed by atoms with Gasteiger partial charge in [0, 0.05) is 5.69 Å². The number of halogens is 1. The van der Waals surface area contributed by atoms with Gasteiger partial charge in [0.05, 0.1) is 11.6 Å². The average molecular weight is 352 g/mol.